The SMILES string of the molecule is Cc1cc(C)nc(Nc2ccc([C@@H]3CCCN(C(=O)CCCc4ccc(F)cc4)C3)nc2)n1. The molecule has 33 heavy (non-hydrogen) atoms. The number of rotatable bonds is 7. The largest absolute Gasteiger partial charge is 0.342 e. The van der Waals surface area contributed by atoms with Gasteiger partial charge in [-0.25, -0.2) is 14.4 Å². The summed E-state index contributed by atoms with van der Waals surface area (Å²) in [7, 11) is 0. The third-order valence-electron chi connectivity index (χ3n) is 5.99. The van der Waals surface area contributed by atoms with Crippen molar-refractivity contribution in [2.75, 3.05) is 18.4 Å². The first-order valence-electron chi connectivity index (χ1n) is 11.5. The zero-order valence-corrected chi connectivity index (χ0v) is 19.2. The van der Waals surface area contributed by atoms with E-state index in [1.807, 2.05) is 36.9 Å². The first-order valence-corrected chi connectivity index (χ1v) is 11.5. The fraction of sp³-hybridized carbons (Fsp3) is 0.385. The Labute approximate surface area is 194 Å². The molecular formula is C26H30FN5O. The lowest BCUT2D eigenvalue weighted by atomic mass is 9.94. The van der Waals surface area contributed by atoms with Crippen LogP contribution in [-0.4, -0.2) is 38.8 Å². The predicted molar refractivity (Wildman–Crippen MR) is 127 cm³/mol. The quantitative estimate of drug-likeness (QED) is 0.546. The van der Waals surface area contributed by atoms with Crippen LogP contribution in [0.5, 0.6) is 0 Å². The minimum atomic E-state index is -0.231. The van der Waals surface area contributed by atoms with Gasteiger partial charge < -0.3 is 10.2 Å². The summed E-state index contributed by atoms with van der Waals surface area (Å²) in [5, 5.41) is 3.21. The van der Waals surface area contributed by atoms with E-state index in [9.17, 15) is 9.18 Å². The Morgan fingerprint density at radius 2 is 1.88 bits per heavy atom. The van der Waals surface area contributed by atoms with Gasteiger partial charge in [-0.05, 0) is 75.4 Å². The van der Waals surface area contributed by atoms with E-state index in [4.69, 9.17) is 0 Å². The molecule has 6 nitrogen and oxygen atoms in total. The topological polar surface area (TPSA) is 71.0 Å². The Kier molecular flexibility index (Phi) is 7.27. The fourth-order valence-corrected chi connectivity index (χ4v) is 4.33. The van der Waals surface area contributed by atoms with Crippen LogP contribution in [0.1, 0.15) is 54.2 Å². The number of pyridine rings is 1. The van der Waals surface area contributed by atoms with Gasteiger partial charge in [0.1, 0.15) is 5.82 Å². The van der Waals surface area contributed by atoms with Crippen molar-refractivity contribution >= 4 is 17.5 Å². The van der Waals surface area contributed by atoms with E-state index in [1.165, 1.54) is 12.1 Å². The van der Waals surface area contributed by atoms with Crippen LogP contribution < -0.4 is 5.32 Å². The molecule has 1 aromatic carbocycles. The van der Waals surface area contributed by atoms with Gasteiger partial charge in [-0.1, -0.05) is 12.1 Å². The third-order valence-corrected chi connectivity index (χ3v) is 5.99. The van der Waals surface area contributed by atoms with Crippen LogP contribution in [0.4, 0.5) is 16.0 Å². The monoisotopic (exact) mass is 447 g/mol. The highest BCUT2D eigenvalue weighted by Gasteiger charge is 2.25. The number of aryl methyl sites for hydroxylation is 3. The zero-order chi connectivity index (χ0) is 23.2. The highest BCUT2D eigenvalue weighted by atomic mass is 19.1. The number of benzene rings is 1. The molecule has 7 heteroatoms. The zero-order valence-electron chi connectivity index (χ0n) is 19.2. The van der Waals surface area contributed by atoms with Crippen LogP contribution in [0, 0.1) is 19.7 Å². The van der Waals surface area contributed by atoms with Crippen LogP contribution in [0.25, 0.3) is 0 Å². The van der Waals surface area contributed by atoms with Crippen molar-refractivity contribution in [1.82, 2.24) is 19.9 Å². The van der Waals surface area contributed by atoms with Gasteiger partial charge in [0.2, 0.25) is 11.9 Å². The molecule has 2 aromatic heterocycles. The fourth-order valence-electron chi connectivity index (χ4n) is 4.33. The summed E-state index contributed by atoms with van der Waals surface area (Å²) in [6.45, 7) is 5.39. The van der Waals surface area contributed by atoms with E-state index in [1.54, 1.807) is 18.3 Å². The molecule has 1 amide bonds. The summed E-state index contributed by atoms with van der Waals surface area (Å²) >= 11 is 0. The third kappa shape index (κ3) is 6.34. The van der Waals surface area contributed by atoms with Gasteiger partial charge in [0, 0.05) is 42.5 Å². The molecule has 0 unspecified atom stereocenters. The second kappa shape index (κ2) is 10.5. The molecule has 3 aromatic rings. The lowest BCUT2D eigenvalue weighted by Gasteiger charge is -2.32. The van der Waals surface area contributed by atoms with Gasteiger partial charge in [-0.15, -0.1) is 0 Å². The maximum Gasteiger partial charge on any atom is 0.227 e. The molecule has 0 bridgehead atoms. The van der Waals surface area contributed by atoms with E-state index in [0.717, 1.165) is 60.6 Å². The Bertz CT molecular complexity index is 1060. The number of aromatic nitrogens is 3. The number of halogens is 1. The van der Waals surface area contributed by atoms with E-state index >= 15 is 0 Å². The molecule has 1 fully saturated rings. The van der Waals surface area contributed by atoms with Crippen molar-refractivity contribution in [3.05, 3.63) is 77.1 Å². The number of piperidine rings is 1. The van der Waals surface area contributed by atoms with Gasteiger partial charge in [0.05, 0.1) is 11.9 Å². The smallest absolute Gasteiger partial charge is 0.227 e. The van der Waals surface area contributed by atoms with Gasteiger partial charge >= 0.3 is 0 Å². The standard InChI is InChI=1S/C26H30FN5O/c1-18-15-19(2)30-26(29-18)31-23-12-13-24(28-16-23)21-6-4-14-32(17-21)25(33)7-3-5-20-8-10-22(27)11-9-20/h8-13,15-16,21H,3-7,14,17H2,1-2H3,(H,29,30,31)/t21-/m1/s1. The van der Waals surface area contributed by atoms with E-state index in [2.05, 4.69) is 20.3 Å². The molecule has 1 saturated heterocycles. The van der Waals surface area contributed by atoms with Crippen molar-refractivity contribution in [3.8, 4) is 0 Å². The minimum Gasteiger partial charge on any atom is -0.342 e. The molecular weight excluding hydrogens is 417 g/mol. The Balaban J connectivity index is 1.30. The summed E-state index contributed by atoms with van der Waals surface area (Å²) in [6, 6.07) is 12.5. The summed E-state index contributed by atoms with van der Waals surface area (Å²) in [4.78, 5) is 28.2. The molecule has 0 saturated carbocycles. The number of hydrogen-bond donors (Lipinski definition) is 1. The molecule has 1 aliphatic heterocycles. The Morgan fingerprint density at radius 3 is 2.58 bits per heavy atom. The van der Waals surface area contributed by atoms with Crippen molar-refractivity contribution in [2.24, 2.45) is 0 Å². The maximum absolute atomic E-state index is 13.0. The normalized spacial score (nSPS) is 16.0. The molecule has 4 rings (SSSR count). The second-order valence-corrected chi connectivity index (χ2v) is 8.73. The van der Waals surface area contributed by atoms with Crippen LogP contribution in [0.15, 0.2) is 48.7 Å². The summed E-state index contributed by atoms with van der Waals surface area (Å²) in [6.07, 6.45) is 5.87. The van der Waals surface area contributed by atoms with Gasteiger partial charge in [-0.3, -0.25) is 9.78 Å². The average molecular weight is 448 g/mol. The van der Waals surface area contributed by atoms with E-state index in [0.29, 0.717) is 18.9 Å². The van der Waals surface area contributed by atoms with Crippen LogP contribution in [-0.2, 0) is 11.2 Å². The number of amides is 1. The first-order chi connectivity index (χ1) is 16.0. The van der Waals surface area contributed by atoms with E-state index < -0.39 is 0 Å². The van der Waals surface area contributed by atoms with Crippen molar-refractivity contribution < 1.29 is 9.18 Å². The first kappa shape index (κ1) is 22.8. The lowest BCUT2D eigenvalue weighted by Crippen LogP contribution is -2.39. The summed E-state index contributed by atoms with van der Waals surface area (Å²) < 4.78 is 13.0. The minimum absolute atomic E-state index is 0.187. The Hall–Kier alpha value is -3.35. The number of nitrogens with one attached hydrogen (secondary N) is 1. The van der Waals surface area contributed by atoms with Crippen LogP contribution in [0.2, 0.25) is 0 Å². The number of carbonyl (C=O) groups excluding carboxylic acids is 1. The van der Waals surface area contributed by atoms with Crippen molar-refractivity contribution in [3.63, 3.8) is 0 Å². The number of carbonyl (C=O) groups is 1. The number of likely N-dealkylation sites (tertiary alicyclic amines) is 1. The van der Waals surface area contributed by atoms with Crippen molar-refractivity contribution in [2.45, 2.75) is 51.9 Å². The van der Waals surface area contributed by atoms with Crippen LogP contribution in [0.3, 0.4) is 0 Å². The van der Waals surface area contributed by atoms with Crippen molar-refractivity contribution in [1.29, 1.82) is 0 Å². The molecule has 0 spiro atoms. The van der Waals surface area contributed by atoms with Gasteiger partial charge in [0.25, 0.3) is 0 Å². The molecule has 1 aliphatic rings. The second-order valence-electron chi connectivity index (χ2n) is 8.73. The lowest BCUT2D eigenvalue weighted by molar-refractivity contribution is -0.132. The highest BCUT2D eigenvalue weighted by Crippen LogP contribution is 2.27. The predicted octanol–water partition coefficient (Wildman–Crippen LogP) is 5.10. The molecule has 172 valence electrons. The number of hydrogen-bond acceptors (Lipinski definition) is 5. The van der Waals surface area contributed by atoms with Gasteiger partial charge in [-0.2, -0.15) is 0 Å². The molecule has 0 aliphatic carbocycles. The summed E-state index contributed by atoms with van der Waals surface area (Å²) in [5.74, 6) is 0.765. The van der Waals surface area contributed by atoms with Gasteiger partial charge in [0.15, 0.2) is 0 Å². The molecule has 1 N–H and O–H groups in total. The number of nitrogens with zero attached hydrogens (tertiary/aromatic N) is 4. The van der Waals surface area contributed by atoms with E-state index in [-0.39, 0.29) is 17.6 Å². The highest BCUT2D eigenvalue weighted by molar-refractivity contribution is 5.76. The van der Waals surface area contributed by atoms with Crippen LogP contribution >= 0.6 is 0 Å². The number of anilines is 2. The molecule has 0 radical (unpaired) electrons. The molecule has 3 heterocycles. The Morgan fingerprint density at radius 1 is 1.12 bits per heavy atom. The summed E-state index contributed by atoms with van der Waals surface area (Å²) in [5.41, 5.74) is 4.74. The maximum atomic E-state index is 13.0. The average Bonchev–Trinajstić information content (AvgIpc) is 2.80. The molecule has 1 atom stereocenters.